The Morgan fingerprint density at radius 3 is 2.91 bits per heavy atom. The van der Waals surface area contributed by atoms with Gasteiger partial charge in [0.1, 0.15) is 11.5 Å². The van der Waals surface area contributed by atoms with Gasteiger partial charge >= 0.3 is 6.09 Å². The highest BCUT2D eigenvalue weighted by atomic mass is 19.1. The molecule has 0 radical (unpaired) electrons. The van der Waals surface area contributed by atoms with E-state index in [1.807, 2.05) is 6.92 Å². The van der Waals surface area contributed by atoms with Crippen LogP contribution in [0.1, 0.15) is 31.0 Å². The van der Waals surface area contributed by atoms with Crippen LogP contribution in [0, 0.1) is 5.82 Å². The third-order valence-corrected chi connectivity index (χ3v) is 3.93. The van der Waals surface area contributed by atoms with Crippen LogP contribution in [-0.2, 0) is 17.7 Å². The van der Waals surface area contributed by atoms with Crippen molar-refractivity contribution in [3.63, 3.8) is 0 Å². The number of ether oxygens (including phenoxy) is 1. The molecule has 0 aliphatic carbocycles. The number of carbonyl (C=O) groups is 1. The summed E-state index contributed by atoms with van der Waals surface area (Å²) in [6.45, 7) is 3.43. The Morgan fingerprint density at radius 1 is 1.39 bits per heavy atom. The van der Waals surface area contributed by atoms with Crippen LogP contribution in [0.5, 0.6) is 0 Å². The number of halogens is 1. The van der Waals surface area contributed by atoms with Gasteiger partial charge in [-0.1, -0.05) is 18.5 Å². The summed E-state index contributed by atoms with van der Waals surface area (Å²) in [6, 6.07) is 6.12. The van der Waals surface area contributed by atoms with Crippen LogP contribution in [0.15, 0.2) is 28.8 Å². The first kappa shape index (κ1) is 15.5. The van der Waals surface area contributed by atoms with E-state index < -0.39 is 0 Å². The van der Waals surface area contributed by atoms with Crippen molar-refractivity contribution >= 4 is 6.09 Å². The Kier molecular flexibility index (Phi) is 4.60. The topological polar surface area (TPSA) is 55.6 Å². The number of amides is 1. The molecule has 2 aromatic rings. The second-order valence-electron chi connectivity index (χ2n) is 5.58. The van der Waals surface area contributed by atoms with Gasteiger partial charge in [0, 0.05) is 17.7 Å². The fraction of sp³-hybridized carbons (Fsp3) is 0.412. The Morgan fingerprint density at radius 2 is 2.17 bits per heavy atom. The average Bonchev–Trinajstić information content (AvgIpc) is 2.99. The molecule has 1 aliphatic rings. The van der Waals surface area contributed by atoms with Gasteiger partial charge in [-0.2, -0.15) is 0 Å². The van der Waals surface area contributed by atoms with Crippen molar-refractivity contribution in [3.8, 4) is 11.3 Å². The molecule has 0 fully saturated rings. The van der Waals surface area contributed by atoms with Gasteiger partial charge in [0.2, 0.25) is 0 Å². The normalized spacial score (nSPS) is 13.7. The minimum Gasteiger partial charge on any atom is -0.449 e. The SMILES string of the molecule is CCCCOC(=O)N1CCc2c(noc2-c2ccc(F)cc2)C1. The molecular weight excluding hydrogens is 299 g/mol. The second-order valence-corrected chi connectivity index (χ2v) is 5.58. The molecule has 122 valence electrons. The summed E-state index contributed by atoms with van der Waals surface area (Å²) < 4.78 is 23.7. The number of carbonyl (C=O) groups excluding carboxylic acids is 1. The third-order valence-electron chi connectivity index (χ3n) is 3.93. The number of benzene rings is 1. The third kappa shape index (κ3) is 3.36. The molecule has 1 amide bonds. The molecule has 0 N–H and O–H groups in total. The number of rotatable bonds is 4. The smallest absolute Gasteiger partial charge is 0.410 e. The Hall–Kier alpha value is -2.37. The molecule has 0 bridgehead atoms. The number of aromatic nitrogens is 1. The van der Waals surface area contributed by atoms with Gasteiger partial charge in [0.05, 0.1) is 13.2 Å². The number of hydrogen-bond acceptors (Lipinski definition) is 4. The lowest BCUT2D eigenvalue weighted by Crippen LogP contribution is -2.36. The van der Waals surface area contributed by atoms with E-state index >= 15 is 0 Å². The highest BCUT2D eigenvalue weighted by Crippen LogP contribution is 2.30. The van der Waals surface area contributed by atoms with Crippen molar-refractivity contribution in [2.45, 2.75) is 32.7 Å². The second kappa shape index (κ2) is 6.81. The summed E-state index contributed by atoms with van der Waals surface area (Å²) in [7, 11) is 0. The summed E-state index contributed by atoms with van der Waals surface area (Å²) in [5.41, 5.74) is 2.51. The van der Waals surface area contributed by atoms with E-state index in [-0.39, 0.29) is 11.9 Å². The molecule has 0 spiro atoms. The Bertz CT molecular complexity index is 682. The monoisotopic (exact) mass is 318 g/mol. The fourth-order valence-corrected chi connectivity index (χ4v) is 2.61. The summed E-state index contributed by atoms with van der Waals surface area (Å²) >= 11 is 0. The number of nitrogens with zero attached hydrogens (tertiary/aromatic N) is 2. The summed E-state index contributed by atoms with van der Waals surface area (Å²) in [5, 5.41) is 4.07. The van der Waals surface area contributed by atoms with Gasteiger partial charge in [0.15, 0.2) is 5.76 Å². The predicted octanol–water partition coefficient (Wildman–Crippen LogP) is 3.78. The molecule has 3 rings (SSSR count). The standard InChI is InChI=1S/C17H19FN2O3/c1-2-3-10-22-17(21)20-9-8-14-15(11-20)19-23-16(14)12-4-6-13(18)7-5-12/h4-7H,2-3,8-11H2,1H3. The fourth-order valence-electron chi connectivity index (χ4n) is 2.61. The van der Waals surface area contributed by atoms with E-state index in [0.29, 0.717) is 31.9 Å². The van der Waals surface area contributed by atoms with Crippen molar-refractivity contribution in [1.82, 2.24) is 10.1 Å². The average molecular weight is 318 g/mol. The number of fused-ring (bicyclic) bond motifs is 1. The van der Waals surface area contributed by atoms with Crippen LogP contribution in [0.4, 0.5) is 9.18 Å². The van der Waals surface area contributed by atoms with E-state index in [2.05, 4.69) is 5.16 Å². The first-order valence-corrected chi connectivity index (χ1v) is 7.84. The maximum Gasteiger partial charge on any atom is 0.410 e. The minimum absolute atomic E-state index is 0.289. The maximum absolute atomic E-state index is 13.0. The van der Waals surface area contributed by atoms with E-state index in [0.717, 1.165) is 29.7 Å². The number of hydrogen-bond donors (Lipinski definition) is 0. The molecule has 0 saturated heterocycles. The van der Waals surface area contributed by atoms with E-state index in [9.17, 15) is 9.18 Å². The number of unbranched alkanes of at least 4 members (excludes halogenated alkanes) is 1. The van der Waals surface area contributed by atoms with Crippen LogP contribution < -0.4 is 0 Å². The molecule has 1 aliphatic heterocycles. The van der Waals surface area contributed by atoms with Crippen molar-refractivity contribution in [1.29, 1.82) is 0 Å². The molecule has 5 nitrogen and oxygen atoms in total. The first-order valence-electron chi connectivity index (χ1n) is 7.84. The Balaban J connectivity index is 1.71. The van der Waals surface area contributed by atoms with Gasteiger partial charge in [-0.3, -0.25) is 0 Å². The lowest BCUT2D eigenvalue weighted by molar-refractivity contribution is 0.0959. The zero-order valence-electron chi connectivity index (χ0n) is 13.0. The van der Waals surface area contributed by atoms with Crippen LogP contribution in [-0.4, -0.2) is 29.3 Å². The summed E-state index contributed by atoms with van der Waals surface area (Å²) in [5.74, 6) is 0.363. The van der Waals surface area contributed by atoms with Crippen LogP contribution in [0.3, 0.4) is 0 Å². The van der Waals surface area contributed by atoms with Crippen molar-refractivity contribution in [2.24, 2.45) is 0 Å². The highest BCUT2D eigenvalue weighted by molar-refractivity contribution is 5.69. The van der Waals surface area contributed by atoms with Crippen LogP contribution in [0.2, 0.25) is 0 Å². The molecule has 0 unspecified atom stereocenters. The predicted molar refractivity (Wildman–Crippen MR) is 82.3 cm³/mol. The molecule has 0 atom stereocenters. The highest BCUT2D eigenvalue weighted by Gasteiger charge is 2.27. The minimum atomic E-state index is -0.310. The van der Waals surface area contributed by atoms with Crippen molar-refractivity contribution in [3.05, 3.63) is 41.3 Å². The van der Waals surface area contributed by atoms with Crippen LogP contribution in [0.25, 0.3) is 11.3 Å². The lowest BCUT2D eigenvalue weighted by Gasteiger charge is -2.25. The summed E-state index contributed by atoms with van der Waals surface area (Å²) in [4.78, 5) is 13.6. The molecule has 2 heterocycles. The zero-order valence-corrected chi connectivity index (χ0v) is 13.0. The van der Waals surface area contributed by atoms with E-state index in [1.165, 1.54) is 12.1 Å². The van der Waals surface area contributed by atoms with Gasteiger partial charge in [-0.25, -0.2) is 9.18 Å². The zero-order chi connectivity index (χ0) is 16.2. The molecule has 0 saturated carbocycles. The van der Waals surface area contributed by atoms with Gasteiger partial charge in [-0.15, -0.1) is 0 Å². The van der Waals surface area contributed by atoms with E-state index in [1.54, 1.807) is 17.0 Å². The molecule has 1 aromatic heterocycles. The first-order chi connectivity index (χ1) is 11.2. The molecule has 1 aromatic carbocycles. The summed E-state index contributed by atoms with van der Waals surface area (Å²) in [6.07, 6.45) is 2.19. The van der Waals surface area contributed by atoms with Gasteiger partial charge in [0.25, 0.3) is 0 Å². The Labute approximate surface area is 134 Å². The molecule has 23 heavy (non-hydrogen) atoms. The quantitative estimate of drug-likeness (QED) is 0.805. The molecular formula is C17H19FN2O3. The van der Waals surface area contributed by atoms with Crippen molar-refractivity contribution in [2.75, 3.05) is 13.2 Å². The van der Waals surface area contributed by atoms with Gasteiger partial charge in [-0.05, 0) is 37.1 Å². The largest absolute Gasteiger partial charge is 0.449 e. The lowest BCUT2D eigenvalue weighted by atomic mass is 10.0. The van der Waals surface area contributed by atoms with Crippen LogP contribution >= 0.6 is 0 Å². The van der Waals surface area contributed by atoms with Gasteiger partial charge < -0.3 is 14.2 Å². The van der Waals surface area contributed by atoms with E-state index in [4.69, 9.17) is 9.26 Å². The van der Waals surface area contributed by atoms with Crippen molar-refractivity contribution < 1.29 is 18.4 Å². The molecule has 6 heteroatoms. The maximum atomic E-state index is 13.0.